The molecule has 134 valence electrons. The predicted molar refractivity (Wildman–Crippen MR) is 105 cm³/mol. The van der Waals surface area contributed by atoms with E-state index in [4.69, 9.17) is 0 Å². The molecule has 1 amide bonds. The standard InChI is InChI=1S/C20H21N3O2S/c1-14-12-17(23-10-11-26(23)25)6-7-18(14)20(24)21-16-5-3-4-15-8-9-22(2)19(15)13-16/h3,5-9,12-13H,4,10-11H2,1-2H3,(H,21,24). The molecule has 1 aromatic carbocycles. The Balaban J connectivity index is 1.56. The van der Waals surface area contributed by atoms with Gasteiger partial charge in [-0.3, -0.25) is 9.10 Å². The predicted octanol–water partition coefficient (Wildman–Crippen LogP) is 2.70. The van der Waals surface area contributed by atoms with Gasteiger partial charge in [0, 0.05) is 42.4 Å². The smallest absolute Gasteiger partial charge is 0.255 e. The molecule has 0 radical (unpaired) electrons. The number of hydrogen-bond acceptors (Lipinski definition) is 2. The van der Waals surface area contributed by atoms with Crippen molar-refractivity contribution in [3.8, 4) is 0 Å². The third kappa shape index (κ3) is 3.01. The summed E-state index contributed by atoms with van der Waals surface area (Å²) in [6.45, 7) is 2.71. The molecule has 1 N–H and O–H groups in total. The fourth-order valence-corrected chi connectivity index (χ4v) is 4.17. The van der Waals surface area contributed by atoms with E-state index in [1.54, 1.807) is 0 Å². The molecule has 0 saturated carbocycles. The zero-order chi connectivity index (χ0) is 18.3. The van der Waals surface area contributed by atoms with E-state index in [1.165, 1.54) is 5.56 Å². The normalized spacial score (nSPS) is 18.6. The topological polar surface area (TPSA) is 54.3 Å². The molecule has 0 bridgehead atoms. The Morgan fingerprint density at radius 1 is 1.27 bits per heavy atom. The summed E-state index contributed by atoms with van der Waals surface area (Å²) in [4.78, 5) is 12.7. The van der Waals surface area contributed by atoms with E-state index in [0.717, 1.165) is 35.6 Å². The number of nitrogens with one attached hydrogen (secondary N) is 1. The lowest BCUT2D eigenvalue weighted by Crippen LogP contribution is -2.42. The van der Waals surface area contributed by atoms with Crippen molar-refractivity contribution in [1.82, 2.24) is 9.88 Å². The van der Waals surface area contributed by atoms with Crippen molar-refractivity contribution in [2.45, 2.75) is 13.3 Å². The first-order valence-corrected chi connectivity index (χ1v) is 9.91. The van der Waals surface area contributed by atoms with Gasteiger partial charge in [0.1, 0.15) is 11.0 Å². The molecule has 1 unspecified atom stereocenters. The molecule has 1 aliphatic carbocycles. The number of amides is 1. The van der Waals surface area contributed by atoms with Crippen LogP contribution in [0.5, 0.6) is 0 Å². The number of aromatic nitrogens is 1. The number of carbonyl (C=O) groups is 1. The van der Waals surface area contributed by atoms with Crippen LogP contribution < -0.4 is 9.62 Å². The van der Waals surface area contributed by atoms with Gasteiger partial charge in [-0.2, -0.15) is 0 Å². The average molecular weight is 367 g/mol. The van der Waals surface area contributed by atoms with Gasteiger partial charge in [-0.25, -0.2) is 4.21 Å². The molecule has 2 aromatic rings. The van der Waals surface area contributed by atoms with Gasteiger partial charge >= 0.3 is 0 Å². The number of hydrogen-bond donors (Lipinski definition) is 1. The quantitative estimate of drug-likeness (QED) is 0.907. The lowest BCUT2D eigenvalue weighted by Gasteiger charge is -2.31. The van der Waals surface area contributed by atoms with Gasteiger partial charge in [-0.05, 0) is 60.9 Å². The summed E-state index contributed by atoms with van der Waals surface area (Å²) < 4.78 is 15.6. The van der Waals surface area contributed by atoms with Gasteiger partial charge in [-0.1, -0.05) is 6.08 Å². The third-order valence-corrected chi connectivity index (χ3v) is 6.27. The maximum Gasteiger partial charge on any atom is 0.255 e. The molecule has 1 aromatic heterocycles. The van der Waals surface area contributed by atoms with E-state index in [9.17, 15) is 9.00 Å². The molecule has 1 fully saturated rings. The van der Waals surface area contributed by atoms with Crippen LogP contribution in [0.1, 0.15) is 27.2 Å². The number of rotatable bonds is 3. The Bertz CT molecular complexity index is 971. The van der Waals surface area contributed by atoms with Crippen LogP contribution in [0.15, 0.2) is 48.3 Å². The minimum Gasteiger partial charge on any atom is -0.351 e. The number of carbonyl (C=O) groups excluding carboxylic acids is 1. The van der Waals surface area contributed by atoms with E-state index in [1.807, 2.05) is 54.8 Å². The van der Waals surface area contributed by atoms with E-state index >= 15 is 0 Å². The van der Waals surface area contributed by atoms with Crippen molar-refractivity contribution in [1.29, 1.82) is 0 Å². The van der Waals surface area contributed by atoms with E-state index < -0.39 is 11.0 Å². The van der Waals surface area contributed by atoms with Gasteiger partial charge in [0.25, 0.3) is 5.91 Å². The van der Waals surface area contributed by atoms with Crippen LogP contribution in [-0.4, -0.2) is 27.0 Å². The molecule has 6 heteroatoms. The minimum absolute atomic E-state index is 0.132. The van der Waals surface area contributed by atoms with Crippen molar-refractivity contribution >= 4 is 28.7 Å². The zero-order valence-corrected chi connectivity index (χ0v) is 15.7. The van der Waals surface area contributed by atoms with Crippen LogP contribution in [0, 0.1) is 6.92 Å². The van der Waals surface area contributed by atoms with Crippen molar-refractivity contribution in [2.75, 3.05) is 16.6 Å². The molecule has 0 spiro atoms. The van der Waals surface area contributed by atoms with E-state index in [2.05, 4.69) is 22.0 Å². The summed E-state index contributed by atoms with van der Waals surface area (Å²) >= 11 is 0. The Labute approximate surface area is 155 Å². The Kier molecular flexibility index (Phi) is 4.28. The van der Waals surface area contributed by atoms with Crippen molar-refractivity contribution in [2.24, 2.45) is 7.05 Å². The molecule has 2 aliphatic rings. The number of anilines is 1. The second-order valence-corrected chi connectivity index (χ2v) is 8.12. The van der Waals surface area contributed by atoms with Crippen LogP contribution in [0.3, 0.4) is 0 Å². The Hall–Kier alpha value is -2.60. The van der Waals surface area contributed by atoms with Crippen molar-refractivity contribution in [3.05, 3.63) is 70.7 Å². The summed E-state index contributed by atoms with van der Waals surface area (Å²) in [5.74, 6) is 0.579. The molecular weight excluding hydrogens is 346 g/mol. The molecule has 4 rings (SSSR count). The molecule has 1 atom stereocenters. The summed E-state index contributed by atoms with van der Waals surface area (Å²) in [5, 5.41) is 3.01. The van der Waals surface area contributed by atoms with Crippen LogP contribution >= 0.6 is 0 Å². The highest BCUT2D eigenvalue weighted by molar-refractivity contribution is 7.88. The molecule has 1 saturated heterocycles. The Morgan fingerprint density at radius 3 is 2.81 bits per heavy atom. The second kappa shape index (κ2) is 6.61. The molecule has 1 aliphatic heterocycles. The Morgan fingerprint density at radius 2 is 2.12 bits per heavy atom. The SMILES string of the molecule is Cc1cc(N2CCS2=O)ccc1C(=O)NC1=Cc2c(ccn2C)CC=C1. The van der Waals surface area contributed by atoms with Gasteiger partial charge in [0.2, 0.25) is 0 Å². The number of fused-ring (bicyclic) bond motifs is 1. The van der Waals surface area contributed by atoms with E-state index in [-0.39, 0.29) is 5.91 Å². The van der Waals surface area contributed by atoms with Crippen molar-refractivity contribution in [3.63, 3.8) is 0 Å². The first-order chi connectivity index (χ1) is 12.5. The molecule has 2 heterocycles. The summed E-state index contributed by atoms with van der Waals surface area (Å²) in [6.07, 6.45) is 8.90. The minimum atomic E-state index is -0.921. The molecular formula is C20H21N3O2S. The van der Waals surface area contributed by atoms with E-state index in [0.29, 0.717) is 11.3 Å². The number of aryl methyl sites for hydroxylation is 2. The fraction of sp³-hybridized carbons (Fsp3) is 0.250. The largest absolute Gasteiger partial charge is 0.351 e. The van der Waals surface area contributed by atoms with Crippen LogP contribution in [0.4, 0.5) is 5.69 Å². The summed E-state index contributed by atoms with van der Waals surface area (Å²) in [6, 6.07) is 7.71. The summed E-state index contributed by atoms with van der Waals surface area (Å²) in [7, 11) is 1.08. The van der Waals surface area contributed by atoms with Crippen molar-refractivity contribution < 1.29 is 9.00 Å². The third-order valence-electron chi connectivity index (χ3n) is 4.85. The lowest BCUT2D eigenvalue weighted by atomic mass is 10.1. The maximum atomic E-state index is 12.7. The van der Waals surface area contributed by atoms with Gasteiger partial charge in [0.05, 0.1) is 5.75 Å². The number of nitrogens with zero attached hydrogens (tertiary/aromatic N) is 2. The van der Waals surface area contributed by atoms with Gasteiger partial charge < -0.3 is 9.88 Å². The van der Waals surface area contributed by atoms with Gasteiger partial charge in [-0.15, -0.1) is 0 Å². The highest BCUT2D eigenvalue weighted by Gasteiger charge is 2.24. The molecule has 5 nitrogen and oxygen atoms in total. The fourth-order valence-electron chi connectivity index (χ4n) is 3.31. The second-order valence-electron chi connectivity index (χ2n) is 6.62. The van der Waals surface area contributed by atoms with Gasteiger partial charge in [0.15, 0.2) is 0 Å². The first-order valence-electron chi connectivity index (χ1n) is 8.63. The van der Waals surface area contributed by atoms with Crippen LogP contribution in [-0.2, 0) is 24.5 Å². The monoisotopic (exact) mass is 367 g/mol. The summed E-state index contributed by atoms with van der Waals surface area (Å²) in [5.41, 5.74) is 5.55. The average Bonchev–Trinajstić information content (AvgIpc) is 2.81. The lowest BCUT2D eigenvalue weighted by molar-refractivity contribution is 0.0967. The number of benzene rings is 1. The first kappa shape index (κ1) is 16.8. The van der Waals surface area contributed by atoms with Crippen LogP contribution in [0.25, 0.3) is 6.08 Å². The number of allylic oxidation sites excluding steroid dienone is 2. The van der Waals surface area contributed by atoms with Crippen LogP contribution in [0.2, 0.25) is 0 Å². The zero-order valence-electron chi connectivity index (χ0n) is 14.9. The highest BCUT2D eigenvalue weighted by Crippen LogP contribution is 2.25. The molecule has 26 heavy (non-hydrogen) atoms. The highest BCUT2D eigenvalue weighted by atomic mass is 32.2. The maximum absolute atomic E-state index is 12.7.